The van der Waals surface area contributed by atoms with Crippen molar-refractivity contribution in [3.8, 4) is 5.75 Å². The van der Waals surface area contributed by atoms with Crippen molar-refractivity contribution in [2.24, 2.45) is 0 Å². The number of nitrogens with two attached hydrogens (primary N) is 1. The van der Waals surface area contributed by atoms with Crippen LogP contribution in [0.1, 0.15) is 19.8 Å². The van der Waals surface area contributed by atoms with Crippen LogP contribution in [0.2, 0.25) is 0 Å². The second kappa shape index (κ2) is 6.64. The SMILES string of the molecule is CCOc1ccc(N)cc1S(=O)(=O)N(C)C1CCOCC1. The van der Waals surface area contributed by atoms with Crippen molar-refractivity contribution in [1.82, 2.24) is 4.31 Å². The van der Waals surface area contributed by atoms with Crippen LogP contribution in [-0.2, 0) is 14.8 Å². The molecule has 1 aliphatic heterocycles. The highest BCUT2D eigenvalue weighted by Crippen LogP contribution is 2.30. The Morgan fingerprint density at radius 2 is 2.05 bits per heavy atom. The number of hydrogen-bond donors (Lipinski definition) is 1. The van der Waals surface area contributed by atoms with Crippen LogP contribution in [0.5, 0.6) is 5.75 Å². The molecule has 0 unspecified atom stereocenters. The Hall–Kier alpha value is -1.31. The minimum Gasteiger partial charge on any atom is -0.492 e. The van der Waals surface area contributed by atoms with Gasteiger partial charge in [-0.05, 0) is 38.0 Å². The maximum atomic E-state index is 12.8. The summed E-state index contributed by atoms with van der Waals surface area (Å²) in [6.07, 6.45) is 1.39. The van der Waals surface area contributed by atoms with Crippen LogP contribution in [0, 0.1) is 0 Å². The average molecular weight is 314 g/mol. The first-order valence-corrected chi connectivity index (χ1v) is 8.49. The predicted molar refractivity (Wildman–Crippen MR) is 80.8 cm³/mol. The van der Waals surface area contributed by atoms with E-state index in [1.165, 1.54) is 10.4 Å². The molecule has 2 N–H and O–H groups in total. The van der Waals surface area contributed by atoms with Gasteiger partial charge in [0.1, 0.15) is 10.6 Å². The van der Waals surface area contributed by atoms with Gasteiger partial charge in [0.05, 0.1) is 6.61 Å². The third-order valence-electron chi connectivity index (χ3n) is 3.63. The first-order valence-electron chi connectivity index (χ1n) is 7.05. The Morgan fingerprint density at radius 1 is 1.38 bits per heavy atom. The van der Waals surface area contributed by atoms with Crippen LogP contribution < -0.4 is 10.5 Å². The molecule has 0 aliphatic carbocycles. The van der Waals surface area contributed by atoms with Gasteiger partial charge < -0.3 is 15.2 Å². The van der Waals surface area contributed by atoms with E-state index in [4.69, 9.17) is 15.2 Å². The molecular weight excluding hydrogens is 292 g/mol. The molecular formula is C14H22N2O4S. The topological polar surface area (TPSA) is 81.9 Å². The molecule has 1 fully saturated rings. The van der Waals surface area contributed by atoms with E-state index in [1.54, 1.807) is 19.2 Å². The minimum absolute atomic E-state index is 0.0559. The van der Waals surface area contributed by atoms with Crippen molar-refractivity contribution in [1.29, 1.82) is 0 Å². The van der Waals surface area contributed by atoms with Gasteiger partial charge in [-0.25, -0.2) is 8.42 Å². The summed E-state index contributed by atoms with van der Waals surface area (Å²) in [6, 6.07) is 4.64. The lowest BCUT2D eigenvalue weighted by molar-refractivity contribution is 0.0632. The van der Waals surface area contributed by atoms with Crippen LogP contribution >= 0.6 is 0 Å². The summed E-state index contributed by atoms with van der Waals surface area (Å²) in [7, 11) is -2.04. The van der Waals surface area contributed by atoms with Gasteiger partial charge in [-0.15, -0.1) is 0 Å². The van der Waals surface area contributed by atoms with Gasteiger partial charge in [0.2, 0.25) is 10.0 Å². The van der Waals surface area contributed by atoms with Crippen molar-refractivity contribution in [3.05, 3.63) is 18.2 Å². The van der Waals surface area contributed by atoms with Gasteiger partial charge in [0.25, 0.3) is 0 Å². The highest BCUT2D eigenvalue weighted by molar-refractivity contribution is 7.89. The van der Waals surface area contributed by atoms with E-state index in [-0.39, 0.29) is 10.9 Å². The lowest BCUT2D eigenvalue weighted by atomic mass is 10.1. The van der Waals surface area contributed by atoms with Gasteiger partial charge >= 0.3 is 0 Å². The van der Waals surface area contributed by atoms with E-state index in [9.17, 15) is 8.42 Å². The fourth-order valence-corrected chi connectivity index (χ4v) is 3.98. The van der Waals surface area contributed by atoms with Crippen LogP contribution in [0.4, 0.5) is 5.69 Å². The van der Waals surface area contributed by atoms with Gasteiger partial charge in [-0.2, -0.15) is 4.31 Å². The maximum Gasteiger partial charge on any atom is 0.246 e. The first-order chi connectivity index (χ1) is 9.96. The van der Waals surface area contributed by atoms with Crippen LogP contribution in [0.25, 0.3) is 0 Å². The third kappa shape index (κ3) is 3.48. The zero-order valence-electron chi connectivity index (χ0n) is 12.4. The molecule has 1 heterocycles. The standard InChI is InChI=1S/C14H22N2O4S/c1-3-20-13-5-4-11(15)10-14(13)21(17,18)16(2)12-6-8-19-9-7-12/h4-5,10,12H,3,6-9,15H2,1-2H3. The maximum absolute atomic E-state index is 12.8. The third-order valence-corrected chi connectivity index (χ3v) is 5.56. The monoisotopic (exact) mass is 314 g/mol. The van der Waals surface area contributed by atoms with Crippen molar-refractivity contribution in [2.75, 3.05) is 32.6 Å². The summed E-state index contributed by atoms with van der Waals surface area (Å²) >= 11 is 0. The largest absolute Gasteiger partial charge is 0.492 e. The molecule has 0 spiro atoms. The summed E-state index contributed by atoms with van der Waals surface area (Å²) in [4.78, 5) is 0.123. The number of hydrogen-bond acceptors (Lipinski definition) is 5. The smallest absolute Gasteiger partial charge is 0.246 e. The molecule has 0 radical (unpaired) electrons. The Balaban J connectivity index is 2.35. The summed E-state index contributed by atoms with van der Waals surface area (Å²) in [5.41, 5.74) is 6.14. The van der Waals surface area contributed by atoms with Gasteiger partial charge in [-0.3, -0.25) is 0 Å². The molecule has 1 saturated heterocycles. The molecule has 7 heteroatoms. The fraction of sp³-hybridized carbons (Fsp3) is 0.571. The Kier molecular flexibility index (Phi) is 5.08. The molecule has 0 atom stereocenters. The van der Waals surface area contributed by atoms with Gasteiger partial charge in [-0.1, -0.05) is 0 Å². The highest BCUT2D eigenvalue weighted by atomic mass is 32.2. The average Bonchev–Trinajstić information content (AvgIpc) is 2.49. The quantitative estimate of drug-likeness (QED) is 0.832. The number of nitrogens with zero attached hydrogens (tertiary/aromatic N) is 1. The highest BCUT2D eigenvalue weighted by Gasteiger charge is 2.31. The number of ether oxygens (including phenoxy) is 2. The van der Waals surface area contributed by atoms with Crippen LogP contribution in [-0.4, -0.2) is 45.6 Å². The van der Waals surface area contributed by atoms with E-state index in [0.717, 1.165) is 0 Å². The van der Waals surface area contributed by atoms with Crippen molar-refractivity contribution in [2.45, 2.75) is 30.7 Å². The number of benzene rings is 1. The minimum atomic E-state index is -3.64. The Labute approximate surface area is 125 Å². The summed E-state index contributed by atoms with van der Waals surface area (Å²) < 4.78 is 37.8. The molecule has 1 aliphatic rings. The molecule has 0 amide bonds. The first kappa shape index (κ1) is 16.1. The lowest BCUT2D eigenvalue weighted by Gasteiger charge is -2.30. The van der Waals surface area contributed by atoms with Crippen molar-refractivity contribution < 1.29 is 17.9 Å². The summed E-state index contributed by atoms with van der Waals surface area (Å²) in [6.45, 7) is 3.38. The number of sulfonamides is 1. The number of nitrogen functional groups attached to an aromatic ring is 1. The second-order valence-electron chi connectivity index (χ2n) is 5.00. The normalized spacial score (nSPS) is 17.1. The number of anilines is 1. The summed E-state index contributed by atoms with van der Waals surface area (Å²) in [5.74, 6) is 0.339. The van der Waals surface area contributed by atoms with Crippen molar-refractivity contribution in [3.63, 3.8) is 0 Å². The molecule has 1 aromatic rings. The zero-order chi connectivity index (χ0) is 15.5. The molecule has 0 bridgehead atoms. The molecule has 0 saturated carbocycles. The van der Waals surface area contributed by atoms with E-state index in [1.807, 2.05) is 6.92 Å². The zero-order valence-corrected chi connectivity index (χ0v) is 13.2. The fourth-order valence-electron chi connectivity index (χ4n) is 2.40. The van der Waals surface area contributed by atoms with E-state index in [2.05, 4.69) is 0 Å². The molecule has 2 rings (SSSR count). The molecule has 118 valence electrons. The van der Waals surface area contributed by atoms with E-state index < -0.39 is 10.0 Å². The van der Waals surface area contributed by atoms with Crippen LogP contribution in [0.3, 0.4) is 0 Å². The molecule has 21 heavy (non-hydrogen) atoms. The lowest BCUT2D eigenvalue weighted by Crippen LogP contribution is -2.40. The van der Waals surface area contributed by atoms with E-state index >= 15 is 0 Å². The van der Waals surface area contributed by atoms with Gasteiger partial charge in [0, 0.05) is 32.0 Å². The molecule has 0 aromatic heterocycles. The summed E-state index contributed by atoms with van der Waals surface area (Å²) in [5, 5.41) is 0. The van der Waals surface area contributed by atoms with Gasteiger partial charge in [0.15, 0.2) is 0 Å². The Morgan fingerprint density at radius 3 is 2.67 bits per heavy atom. The molecule has 1 aromatic carbocycles. The molecule has 6 nitrogen and oxygen atoms in total. The predicted octanol–water partition coefficient (Wildman–Crippen LogP) is 1.47. The van der Waals surface area contributed by atoms with E-state index in [0.29, 0.717) is 44.1 Å². The van der Waals surface area contributed by atoms with Crippen LogP contribution in [0.15, 0.2) is 23.1 Å². The van der Waals surface area contributed by atoms with Crippen molar-refractivity contribution >= 4 is 15.7 Å². The Bertz CT molecular complexity index is 583. The second-order valence-corrected chi connectivity index (χ2v) is 6.97. The number of rotatable bonds is 5.